The third-order valence-corrected chi connectivity index (χ3v) is 3.44. The van der Waals surface area contributed by atoms with Crippen molar-refractivity contribution in [2.24, 2.45) is 7.05 Å². The summed E-state index contributed by atoms with van der Waals surface area (Å²) in [6, 6.07) is 9.82. The second-order valence-corrected chi connectivity index (χ2v) is 4.79. The predicted octanol–water partition coefficient (Wildman–Crippen LogP) is 1.93. The molecule has 6 heteroatoms. The fourth-order valence-electron chi connectivity index (χ4n) is 2.18. The molecule has 0 aliphatic carbocycles. The molecular formula is C15H17N5O. The first kappa shape index (κ1) is 13.4. The van der Waals surface area contributed by atoms with Crippen LogP contribution in [0, 0.1) is 0 Å². The monoisotopic (exact) mass is 283 g/mol. The van der Waals surface area contributed by atoms with Crippen molar-refractivity contribution in [2.75, 3.05) is 7.11 Å². The summed E-state index contributed by atoms with van der Waals surface area (Å²) < 4.78 is 8.88. The maximum atomic E-state index is 5.15. The molecule has 2 heterocycles. The molecule has 21 heavy (non-hydrogen) atoms. The largest absolute Gasteiger partial charge is 0.497 e. The minimum absolute atomic E-state index is 0.780. The van der Waals surface area contributed by atoms with Gasteiger partial charge in [0.15, 0.2) is 0 Å². The summed E-state index contributed by atoms with van der Waals surface area (Å²) in [7, 11) is 3.60. The second-order valence-electron chi connectivity index (χ2n) is 4.79. The quantitative estimate of drug-likeness (QED) is 0.718. The van der Waals surface area contributed by atoms with E-state index in [0.29, 0.717) is 0 Å². The van der Waals surface area contributed by atoms with Crippen molar-refractivity contribution in [3.8, 4) is 17.0 Å². The van der Waals surface area contributed by atoms with Gasteiger partial charge >= 0.3 is 0 Å². The summed E-state index contributed by atoms with van der Waals surface area (Å²) in [5, 5.41) is 12.5. The fourth-order valence-corrected chi connectivity index (χ4v) is 2.18. The molecule has 0 unspecified atom stereocenters. The first-order chi connectivity index (χ1) is 10.3. The molecule has 2 aromatic heterocycles. The van der Waals surface area contributed by atoms with Crippen molar-refractivity contribution in [1.29, 1.82) is 0 Å². The smallest absolute Gasteiger partial charge is 0.118 e. The van der Waals surface area contributed by atoms with E-state index in [4.69, 9.17) is 4.74 Å². The summed E-state index contributed by atoms with van der Waals surface area (Å²) >= 11 is 0. The number of rotatable bonds is 5. The Morgan fingerprint density at radius 2 is 1.95 bits per heavy atom. The van der Waals surface area contributed by atoms with E-state index in [0.717, 1.165) is 30.0 Å². The van der Waals surface area contributed by atoms with Crippen molar-refractivity contribution >= 4 is 0 Å². The van der Waals surface area contributed by atoms with Gasteiger partial charge in [-0.05, 0) is 30.3 Å². The summed E-state index contributed by atoms with van der Waals surface area (Å²) in [5.74, 6) is 0.836. The predicted molar refractivity (Wildman–Crippen MR) is 78.9 cm³/mol. The highest BCUT2D eigenvalue weighted by molar-refractivity contribution is 5.58. The Bertz CT molecular complexity index is 714. The van der Waals surface area contributed by atoms with Crippen LogP contribution in [-0.4, -0.2) is 31.9 Å². The molecule has 0 N–H and O–H groups in total. The van der Waals surface area contributed by atoms with Crippen LogP contribution in [0.2, 0.25) is 0 Å². The lowest BCUT2D eigenvalue weighted by Crippen LogP contribution is -2.05. The van der Waals surface area contributed by atoms with Gasteiger partial charge in [0.1, 0.15) is 11.4 Å². The lowest BCUT2D eigenvalue weighted by molar-refractivity contribution is 0.415. The molecular weight excluding hydrogens is 266 g/mol. The van der Waals surface area contributed by atoms with Crippen LogP contribution >= 0.6 is 0 Å². The summed E-state index contributed by atoms with van der Waals surface area (Å²) in [4.78, 5) is 0. The molecule has 0 fully saturated rings. The lowest BCUT2D eigenvalue weighted by Gasteiger charge is -2.01. The standard InChI is InChI=1S/C15H17N5O/c1-19-13(7-9-16-19)8-10-20-11-15(17-18-20)12-3-5-14(21-2)6-4-12/h3-7,9,11H,8,10H2,1-2H3. The van der Waals surface area contributed by atoms with Crippen molar-refractivity contribution in [3.63, 3.8) is 0 Å². The van der Waals surface area contributed by atoms with Gasteiger partial charge in [-0.15, -0.1) is 5.10 Å². The molecule has 0 spiro atoms. The normalized spacial score (nSPS) is 10.8. The molecule has 0 amide bonds. The second kappa shape index (κ2) is 5.78. The SMILES string of the molecule is COc1ccc(-c2cn(CCc3ccnn3C)nn2)cc1. The third kappa shape index (κ3) is 2.94. The topological polar surface area (TPSA) is 57.8 Å². The van der Waals surface area contributed by atoms with Gasteiger partial charge in [-0.3, -0.25) is 9.36 Å². The van der Waals surface area contributed by atoms with E-state index in [1.54, 1.807) is 13.3 Å². The average molecular weight is 283 g/mol. The molecule has 0 saturated heterocycles. The Hall–Kier alpha value is -2.63. The fraction of sp³-hybridized carbons (Fsp3) is 0.267. The van der Waals surface area contributed by atoms with Crippen LogP contribution in [0.5, 0.6) is 5.75 Å². The summed E-state index contributed by atoms with van der Waals surface area (Å²) in [5.41, 5.74) is 3.07. The third-order valence-electron chi connectivity index (χ3n) is 3.44. The Morgan fingerprint density at radius 3 is 2.62 bits per heavy atom. The van der Waals surface area contributed by atoms with E-state index in [9.17, 15) is 0 Å². The number of hydrogen-bond acceptors (Lipinski definition) is 4. The summed E-state index contributed by atoms with van der Waals surface area (Å²) in [6.45, 7) is 0.780. The van der Waals surface area contributed by atoms with Crippen LogP contribution < -0.4 is 4.74 Å². The molecule has 6 nitrogen and oxygen atoms in total. The van der Waals surface area contributed by atoms with Crippen molar-refractivity contribution in [1.82, 2.24) is 24.8 Å². The van der Waals surface area contributed by atoms with E-state index in [1.807, 2.05) is 52.9 Å². The van der Waals surface area contributed by atoms with Gasteiger partial charge in [0, 0.05) is 37.5 Å². The van der Waals surface area contributed by atoms with Crippen molar-refractivity contribution in [3.05, 3.63) is 48.4 Å². The van der Waals surface area contributed by atoms with Crippen LogP contribution in [-0.2, 0) is 20.0 Å². The van der Waals surface area contributed by atoms with Crippen LogP contribution in [0.3, 0.4) is 0 Å². The number of aryl methyl sites for hydroxylation is 3. The van der Waals surface area contributed by atoms with Gasteiger partial charge in [-0.2, -0.15) is 5.10 Å². The average Bonchev–Trinajstić information content (AvgIpc) is 3.14. The van der Waals surface area contributed by atoms with Gasteiger partial charge in [-0.25, -0.2) is 0 Å². The molecule has 3 rings (SSSR count). The van der Waals surface area contributed by atoms with Gasteiger partial charge in [0.2, 0.25) is 0 Å². The minimum Gasteiger partial charge on any atom is -0.497 e. The Labute approximate surface area is 123 Å². The number of ether oxygens (including phenoxy) is 1. The van der Waals surface area contributed by atoms with E-state index in [2.05, 4.69) is 15.4 Å². The Morgan fingerprint density at radius 1 is 1.14 bits per heavy atom. The zero-order valence-electron chi connectivity index (χ0n) is 12.1. The molecule has 3 aromatic rings. The van der Waals surface area contributed by atoms with E-state index in [1.165, 1.54) is 5.69 Å². The maximum Gasteiger partial charge on any atom is 0.118 e. The van der Waals surface area contributed by atoms with Crippen LogP contribution in [0.4, 0.5) is 0 Å². The number of nitrogens with zero attached hydrogens (tertiary/aromatic N) is 5. The van der Waals surface area contributed by atoms with Gasteiger partial charge < -0.3 is 4.74 Å². The van der Waals surface area contributed by atoms with Crippen molar-refractivity contribution < 1.29 is 4.74 Å². The molecule has 0 atom stereocenters. The number of benzene rings is 1. The first-order valence-corrected chi connectivity index (χ1v) is 6.78. The number of aromatic nitrogens is 5. The van der Waals surface area contributed by atoms with Crippen molar-refractivity contribution in [2.45, 2.75) is 13.0 Å². The van der Waals surface area contributed by atoms with Gasteiger partial charge in [0.25, 0.3) is 0 Å². The van der Waals surface area contributed by atoms with E-state index < -0.39 is 0 Å². The number of methoxy groups -OCH3 is 1. The molecule has 0 aliphatic rings. The molecule has 108 valence electrons. The van der Waals surface area contributed by atoms with Gasteiger partial charge in [0.05, 0.1) is 13.3 Å². The molecule has 0 bridgehead atoms. The molecule has 0 radical (unpaired) electrons. The van der Waals surface area contributed by atoms with E-state index >= 15 is 0 Å². The Kier molecular flexibility index (Phi) is 3.68. The maximum absolute atomic E-state index is 5.15. The summed E-state index contributed by atoms with van der Waals surface area (Å²) in [6.07, 6.45) is 4.64. The zero-order valence-corrected chi connectivity index (χ0v) is 12.1. The highest BCUT2D eigenvalue weighted by atomic mass is 16.5. The van der Waals surface area contributed by atoms with E-state index in [-0.39, 0.29) is 0 Å². The zero-order chi connectivity index (χ0) is 14.7. The molecule has 0 aliphatic heterocycles. The van der Waals surface area contributed by atoms with Gasteiger partial charge in [-0.1, -0.05) is 5.21 Å². The van der Waals surface area contributed by atoms with Crippen LogP contribution in [0.15, 0.2) is 42.7 Å². The van der Waals surface area contributed by atoms with Crippen LogP contribution in [0.25, 0.3) is 11.3 Å². The van der Waals surface area contributed by atoms with Crippen LogP contribution in [0.1, 0.15) is 5.69 Å². The lowest BCUT2D eigenvalue weighted by atomic mass is 10.2. The molecule has 0 saturated carbocycles. The highest BCUT2D eigenvalue weighted by Crippen LogP contribution is 2.19. The first-order valence-electron chi connectivity index (χ1n) is 6.78. The Balaban J connectivity index is 1.69. The minimum atomic E-state index is 0.780. The number of hydrogen-bond donors (Lipinski definition) is 0. The highest BCUT2D eigenvalue weighted by Gasteiger charge is 2.05. The molecule has 1 aromatic carbocycles.